The van der Waals surface area contributed by atoms with Gasteiger partial charge in [-0.25, -0.2) is 4.39 Å². The van der Waals surface area contributed by atoms with E-state index < -0.39 is 14.1 Å². The smallest absolute Gasteiger partial charge is 0.250 e. The molecule has 0 N–H and O–H groups in total. The van der Waals surface area contributed by atoms with Crippen LogP contribution in [0, 0.1) is 5.82 Å². The standard InChI is InChI=1S/C13H18BrFO2Si/c1-13(2,3)18(4,5)17-12-7-10(14)11(15)6-9(12)8-16/h6-8H,1-5H3. The van der Waals surface area contributed by atoms with E-state index in [2.05, 4.69) is 49.8 Å². The first kappa shape index (κ1) is 15.4. The summed E-state index contributed by atoms with van der Waals surface area (Å²) >= 11 is 3.11. The zero-order valence-corrected chi connectivity index (χ0v) is 13.9. The number of rotatable bonds is 3. The molecule has 0 saturated carbocycles. The normalized spacial score (nSPS) is 12.4. The minimum atomic E-state index is -2.04. The van der Waals surface area contributed by atoms with Gasteiger partial charge in [-0.15, -0.1) is 0 Å². The van der Waals surface area contributed by atoms with E-state index in [1.54, 1.807) is 0 Å². The Kier molecular flexibility index (Phi) is 4.38. The molecule has 2 nitrogen and oxygen atoms in total. The van der Waals surface area contributed by atoms with E-state index in [1.807, 2.05) is 0 Å². The lowest BCUT2D eigenvalue weighted by Gasteiger charge is -2.36. The number of aldehydes is 1. The summed E-state index contributed by atoms with van der Waals surface area (Å²) in [5.74, 6) is -0.00968. The zero-order chi connectivity index (χ0) is 14.1. The number of hydrogen-bond donors (Lipinski definition) is 0. The highest BCUT2D eigenvalue weighted by Crippen LogP contribution is 2.38. The van der Waals surface area contributed by atoms with Gasteiger partial charge in [0.15, 0.2) is 6.29 Å². The highest BCUT2D eigenvalue weighted by molar-refractivity contribution is 9.10. The molecule has 0 aliphatic carbocycles. The summed E-state index contributed by atoms with van der Waals surface area (Å²) in [5.41, 5.74) is 0.250. The predicted molar refractivity (Wildman–Crippen MR) is 77.3 cm³/mol. The summed E-state index contributed by atoms with van der Waals surface area (Å²) in [6.45, 7) is 10.5. The average molecular weight is 333 g/mol. The highest BCUT2D eigenvalue weighted by Gasteiger charge is 2.39. The number of hydrogen-bond acceptors (Lipinski definition) is 2. The molecule has 0 heterocycles. The molecule has 0 fully saturated rings. The van der Waals surface area contributed by atoms with Crippen molar-refractivity contribution in [3.8, 4) is 5.75 Å². The van der Waals surface area contributed by atoms with Crippen molar-refractivity contribution in [2.24, 2.45) is 0 Å². The minimum absolute atomic E-state index is 0.0218. The zero-order valence-electron chi connectivity index (χ0n) is 11.3. The van der Waals surface area contributed by atoms with Crippen molar-refractivity contribution in [3.63, 3.8) is 0 Å². The molecule has 1 rings (SSSR count). The molecule has 0 atom stereocenters. The molecule has 0 bridgehead atoms. The van der Waals surface area contributed by atoms with Crippen molar-refractivity contribution in [2.75, 3.05) is 0 Å². The Bertz CT molecular complexity index is 467. The first-order valence-electron chi connectivity index (χ1n) is 5.72. The molecule has 1 aromatic carbocycles. The van der Waals surface area contributed by atoms with Crippen LogP contribution in [0.3, 0.4) is 0 Å². The van der Waals surface area contributed by atoms with E-state index in [-0.39, 0.29) is 10.6 Å². The predicted octanol–water partition coefficient (Wildman–Crippen LogP) is 4.78. The van der Waals surface area contributed by atoms with Crippen LogP contribution in [0.15, 0.2) is 16.6 Å². The molecule has 0 saturated heterocycles. The molecule has 0 aromatic heterocycles. The first-order valence-corrected chi connectivity index (χ1v) is 9.42. The van der Waals surface area contributed by atoms with Crippen molar-refractivity contribution >= 4 is 30.5 Å². The van der Waals surface area contributed by atoms with Crippen LogP contribution in [0.25, 0.3) is 0 Å². The lowest BCUT2D eigenvalue weighted by atomic mass is 10.2. The van der Waals surface area contributed by atoms with Crippen LogP contribution < -0.4 is 4.43 Å². The summed E-state index contributed by atoms with van der Waals surface area (Å²) < 4.78 is 19.7. The molecule has 0 amide bonds. The van der Waals surface area contributed by atoms with Crippen molar-refractivity contribution in [1.82, 2.24) is 0 Å². The average Bonchev–Trinajstić information content (AvgIpc) is 2.21. The van der Waals surface area contributed by atoms with E-state index in [0.29, 0.717) is 16.5 Å². The number of carbonyl (C=O) groups excluding carboxylic acids is 1. The van der Waals surface area contributed by atoms with Gasteiger partial charge in [0.2, 0.25) is 0 Å². The molecule has 18 heavy (non-hydrogen) atoms. The van der Waals surface area contributed by atoms with Gasteiger partial charge in [0.25, 0.3) is 8.32 Å². The summed E-state index contributed by atoms with van der Waals surface area (Å²) in [7, 11) is -2.04. The summed E-state index contributed by atoms with van der Waals surface area (Å²) in [6.07, 6.45) is 0.623. The highest BCUT2D eigenvalue weighted by atomic mass is 79.9. The Morgan fingerprint density at radius 2 is 1.89 bits per heavy atom. The summed E-state index contributed by atoms with van der Waals surface area (Å²) in [6, 6.07) is 2.72. The molecule has 1 aromatic rings. The van der Waals surface area contributed by atoms with Crippen molar-refractivity contribution in [1.29, 1.82) is 0 Å². The Hall–Kier alpha value is -0.683. The summed E-state index contributed by atoms with van der Waals surface area (Å²) in [4.78, 5) is 11.0. The second kappa shape index (κ2) is 5.13. The van der Waals surface area contributed by atoms with Crippen LogP contribution >= 0.6 is 15.9 Å². The molecule has 100 valence electrons. The maximum Gasteiger partial charge on any atom is 0.250 e. The Labute approximate surface area is 117 Å². The minimum Gasteiger partial charge on any atom is -0.543 e. The number of benzene rings is 1. The van der Waals surface area contributed by atoms with E-state index in [1.165, 1.54) is 12.1 Å². The van der Waals surface area contributed by atoms with Gasteiger partial charge in [-0.3, -0.25) is 4.79 Å². The van der Waals surface area contributed by atoms with Crippen LogP contribution in [0.4, 0.5) is 4.39 Å². The Morgan fingerprint density at radius 3 is 2.33 bits per heavy atom. The van der Waals surface area contributed by atoms with Gasteiger partial charge < -0.3 is 4.43 Å². The third-order valence-corrected chi connectivity index (χ3v) is 8.30. The van der Waals surface area contributed by atoms with Gasteiger partial charge >= 0.3 is 0 Å². The van der Waals surface area contributed by atoms with Crippen molar-refractivity contribution in [3.05, 3.63) is 28.0 Å². The van der Waals surface area contributed by atoms with Crippen LogP contribution in [0.1, 0.15) is 31.1 Å². The molecule has 0 unspecified atom stereocenters. The van der Waals surface area contributed by atoms with E-state index in [9.17, 15) is 9.18 Å². The first-order chi connectivity index (χ1) is 8.08. The Balaban J connectivity index is 3.19. The maximum absolute atomic E-state index is 13.4. The van der Waals surface area contributed by atoms with Gasteiger partial charge in [0, 0.05) is 0 Å². The second-order valence-corrected chi connectivity index (χ2v) is 11.4. The van der Waals surface area contributed by atoms with Gasteiger partial charge in [-0.05, 0) is 46.2 Å². The van der Waals surface area contributed by atoms with Crippen LogP contribution in [0.5, 0.6) is 5.75 Å². The quantitative estimate of drug-likeness (QED) is 0.587. The van der Waals surface area contributed by atoms with Crippen LogP contribution in [-0.4, -0.2) is 14.6 Å². The molecule has 0 aliphatic heterocycles. The van der Waals surface area contributed by atoms with Gasteiger partial charge in [-0.1, -0.05) is 20.8 Å². The second-order valence-electron chi connectivity index (χ2n) is 5.78. The van der Waals surface area contributed by atoms with Gasteiger partial charge in [-0.2, -0.15) is 0 Å². The maximum atomic E-state index is 13.4. The third-order valence-electron chi connectivity index (χ3n) is 3.35. The summed E-state index contributed by atoms with van der Waals surface area (Å²) in [5, 5.41) is 0.0218. The largest absolute Gasteiger partial charge is 0.543 e. The molecule has 0 spiro atoms. The van der Waals surface area contributed by atoms with E-state index in [4.69, 9.17) is 4.43 Å². The SMILES string of the molecule is CC(C)(C)[Si](C)(C)Oc1cc(Br)c(F)cc1C=O. The lowest BCUT2D eigenvalue weighted by molar-refractivity contribution is 0.112. The monoisotopic (exact) mass is 332 g/mol. The topological polar surface area (TPSA) is 26.3 Å². The molecular weight excluding hydrogens is 315 g/mol. The van der Waals surface area contributed by atoms with Crippen LogP contribution in [0.2, 0.25) is 18.1 Å². The fourth-order valence-corrected chi connectivity index (χ4v) is 2.51. The van der Waals surface area contributed by atoms with Crippen LogP contribution in [-0.2, 0) is 0 Å². The lowest BCUT2D eigenvalue weighted by Crippen LogP contribution is -2.44. The van der Waals surface area contributed by atoms with E-state index in [0.717, 1.165) is 0 Å². The number of halogens is 2. The fourth-order valence-electron chi connectivity index (χ4n) is 1.15. The van der Waals surface area contributed by atoms with Gasteiger partial charge in [0.1, 0.15) is 11.6 Å². The van der Waals surface area contributed by atoms with Crippen molar-refractivity contribution < 1.29 is 13.6 Å². The fraction of sp³-hybridized carbons (Fsp3) is 0.462. The number of carbonyl (C=O) groups is 1. The van der Waals surface area contributed by atoms with E-state index >= 15 is 0 Å². The third kappa shape index (κ3) is 3.20. The molecular formula is C13H18BrFO2Si. The molecule has 0 radical (unpaired) electrons. The Morgan fingerprint density at radius 1 is 1.33 bits per heavy atom. The van der Waals surface area contributed by atoms with Gasteiger partial charge in [0.05, 0.1) is 10.0 Å². The molecule has 5 heteroatoms. The molecule has 0 aliphatic rings. The van der Waals surface area contributed by atoms with Crippen molar-refractivity contribution in [2.45, 2.75) is 38.9 Å².